The van der Waals surface area contributed by atoms with Crippen LogP contribution in [0.4, 0.5) is 0 Å². The fourth-order valence-corrected chi connectivity index (χ4v) is 3.91. The van der Waals surface area contributed by atoms with Crippen LogP contribution in [0.3, 0.4) is 0 Å². The summed E-state index contributed by atoms with van der Waals surface area (Å²) in [7, 11) is 1.88. The number of benzene rings is 1. The van der Waals surface area contributed by atoms with E-state index < -0.39 is 0 Å². The summed E-state index contributed by atoms with van der Waals surface area (Å²) in [4.78, 5) is 14.2. The predicted molar refractivity (Wildman–Crippen MR) is 85.2 cm³/mol. The van der Waals surface area contributed by atoms with Gasteiger partial charge in [0.2, 0.25) is 5.91 Å². The van der Waals surface area contributed by atoms with E-state index in [9.17, 15) is 4.79 Å². The molecule has 2 heterocycles. The highest BCUT2D eigenvalue weighted by Crippen LogP contribution is 2.33. The maximum absolute atomic E-state index is 12.4. The van der Waals surface area contributed by atoms with Gasteiger partial charge in [0.1, 0.15) is 0 Å². The first-order valence-electron chi connectivity index (χ1n) is 7.85. The first-order chi connectivity index (χ1) is 10.1. The third-order valence-electron chi connectivity index (χ3n) is 4.83. The summed E-state index contributed by atoms with van der Waals surface area (Å²) in [6.07, 6.45) is 5.55. The number of rotatable bonds is 4. The van der Waals surface area contributed by atoms with Crippen LogP contribution in [0.25, 0.3) is 0 Å². The van der Waals surface area contributed by atoms with E-state index in [1.54, 1.807) is 0 Å². The lowest BCUT2D eigenvalue weighted by Crippen LogP contribution is -2.39. The summed E-state index contributed by atoms with van der Waals surface area (Å²) in [6, 6.07) is 9.03. The van der Waals surface area contributed by atoms with E-state index in [1.165, 1.54) is 12.8 Å². The molecule has 21 heavy (non-hydrogen) atoms. The van der Waals surface area contributed by atoms with E-state index in [0.29, 0.717) is 31.0 Å². The predicted octanol–water partition coefficient (Wildman–Crippen LogP) is 3.22. The monoisotopic (exact) mass is 306 g/mol. The molecule has 0 aliphatic carbocycles. The number of nitrogens with one attached hydrogen (secondary N) is 1. The maximum Gasteiger partial charge on any atom is 0.222 e. The van der Waals surface area contributed by atoms with Crippen molar-refractivity contribution in [2.24, 2.45) is 5.92 Å². The number of fused-ring (bicyclic) bond motifs is 2. The Morgan fingerprint density at radius 3 is 2.62 bits per heavy atom. The molecule has 3 rings (SSSR count). The van der Waals surface area contributed by atoms with E-state index in [-0.39, 0.29) is 5.91 Å². The minimum atomic E-state index is 0.237. The summed E-state index contributed by atoms with van der Waals surface area (Å²) < 4.78 is 0. The molecule has 2 atom stereocenters. The van der Waals surface area contributed by atoms with Gasteiger partial charge in [-0.05, 0) is 43.2 Å². The van der Waals surface area contributed by atoms with Crippen molar-refractivity contribution in [2.75, 3.05) is 7.05 Å². The number of hydrogen-bond donors (Lipinski definition) is 1. The maximum atomic E-state index is 12.4. The molecule has 2 saturated heterocycles. The summed E-state index contributed by atoms with van der Waals surface area (Å²) in [5.74, 6) is 0.783. The van der Waals surface area contributed by atoms with E-state index in [0.717, 1.165) is 23.4 Å². The third-order valence-corrected chi connectivity index (χ3v) is 5.19. The SMILES string of the molecule is CN(Cc1ccccc1Cl)C(=O)CC1CC2CCC(C1)N2. The van der Waals surface area contributed by atoms with Crippen molar-refractivity contribution in [3.8, 4) is 0 Å². The second-order valence-corrected chi connectivity index (χ2v) is 6.93. The molecule has 1 aromatic rings. The first kappa shape index (κ1) is 14.9. The minimum absolute atomic E-state index is 0.237. The Morgan fingerprint density at radius 1 is 1.29 bits per heavy atom. The van der Waals surface area contributed by atoms with Gasteiger partial charge in [-0.3, -0.25) is 4.79 Å². The van der Waals surface area contributed by atoms with Crippen molar-refractivity contribution in [1.82, 2.24) is 10.2 Å². The minimum Gasteiger partial charge on any atom is -0.341 e. The highest BCUT2D eigenvalue weighted by atomic mass is 35.5. The van der Waals surface area contributed by atoms with Crippen LogP contribution >= 0.6 is 11.6 Å². The summed E-state index contributed by atoms with van der Waals surface area (Å²) >= 11 is 6.17. The molecule has 0 radical (unpaired) electrons. The van der Waals surface area contributed by atoms with E-state index in [4.69, 9.17) is 11.6 Å². The smallest absolute Gasteiger partial charge is 0.222 e. The molecule has 114 valence electrons. The van der Waals surface area contributed by atoms with E-state index >= 15 is 0 Å². The molecule has 2 aliphatic heterocycles. The summed E-state index contributed by atoms with van der Waals surface area (Å²) in [6.45, 7) is 0.594. The van der Waals surface area contributed by atoms with Crippen LogP contribution < -0.4 is 5.32 Å². The zero-order chi connectivity index (χ0) is 14.8. The molecule has 1 N–H and O–H groups in total. The van der Waals surface area contributed by atoms with Gasteiger partial charge in [0, 0.05) is 37.1 Å². The van der Waals surface area contributed by atoms with E-state index in [2.05, 4.69) is 5.32 Å². The van der Waals surface area contributed by atoms with Gasteiger partial charge < -0.3 is 10.2 Å². The Balaban J connectivity index is 1.54. The topological polar surface area (TPSA) is 32.3 Å². The Morgan fingerprint density at radius 2 is 1.95 bits per heavy atom. The summed E-state index contributed by atoms with van der Waals surface area (Å²) in [5.41, 5.74) is 1.01. The van der Waals surface area contributed by atoms with Gasteiger partial charge in [0.15, 0.2) is 0 Å². The third kappa shape index (κ3) is 3.58. The number of halogens is 1. The van der Waals surface area contributed by atoms with Crippen LogP contribution in [0.5, 0.6) is 0 Å². The first-order valence-corrected chi connectivity index (χ1v) is 8.23. The van der Waals surface area contributed by atoms with Crippen LogP contribution in [0.15, 0.2) is 24.3 Å². The Bertz CT molecular complexity index is 507. The summed E-state index contributed by atoms with van der Waals surface area (Å²) in [5, 5.41) is 4.36. The van der Waals surface area contributed by atoms with Crippen molar-refractivity contribution in [2.45, 2.75) is 50.7 Å². The number of amides is 1. The Labute approximate surface area is 131 Å². The van der Waals surface area contributed by atoms with Gasteiger partial charge >= 0.3 is 0 Å². The molecule has 0 spiro atoms. The molecule has 2 fully saturated rings. The van der Waals surface area contributed by atoms with Crippen LogP contribution in [-0.2, 0) is 11.3 Å². The standard InChI is InChI=1S/C17H23ClN2O/c1-20(11-13-4-2-3-5-16(13)18)17(21)10-12-8-14-6-7-15(9-12)19-14/h2-5,12,14-15,19H,6-11H2,1H3. The highest BCUT2D eigenvalue weighted by Gasteiger charge is 2.34. The van der Waals surface area contributed by atoms with Gasteiger partial charge in [-0.1, -0.05) is 29.8 Å². The van der Waals surface area contributed by atoms with Crippen LogP contribution in [-0.4, -0.2) is 29.9 Å². The van der Waals surface area contributed by atoms with Gasteiger partial charge in [-0.25, -0.2) is 0 Å². The van der Waals surface area contributed by atoms with Crippen molar-refractivity contribution in [3.63, 3.8) is 0 Å². The fourth-order valence-electron chi connectivity index (χ4n) is 3.71. The average molecular weight is 307 g/mol. The molecule has 0 aromatic heterocycles. The normalized spacial score (nSPS) is 27.6. The number of carbonyl (C=O) groups is 1. The molecular formula is C17H23ClN2O. The molecule has 2 unspecified atom stereocenters. The molecule has 2 bridgehead atoms. The molecule has 1 aromatic carbocycles. The second kappa shape index (κ2) is 6.37. The molecule has 2 aliphatic rings. The van der Waals surface area contributed by atoms with E-state index in [1.807, 2.05) is 36.2 Å². The van der Waals surface area contributed by atoms with Gasteiger partial charge in [-0.15, -0.1) is 0 Å². The van der Waals surface area contributed by atoms with Crippen LogP contribution in [0.2, 0.25) is 5.02 Å². The van der Waals surface area contributed by atoms with Crippen molar-refractivity contribution >= 4 is 17.5 Å². The zero-order valence-corrected chi connectivity index (χ0v) is 13.3. The molecule has 3 nitrogen and oxygen atoms in total. The van der Waals surface area contributed by atoms with Gasteiger partial charge in [-0.2, -0.15) is 0 Å². The van der Waals surface area contributed by atoms with Crippen molar-refractivity contribution in [1.29, 1.82) is 0 Å². The number of carbonyl (C=O) groups excluding carboxylic acids is 1. The zero-order valence-electron chi connectivity index (χ0n) is 12.5. The number of nitrogens with zero attached hydrogens (tertiary/aromatic N) is 1. The second-order valence-electron chi connectivity index (χ2n) is 6.52. The Hall–Kier alpha value is -1.06. The lowest BCUT2D eigenvalue weighted by molar-refractivity contribution is -0.131. The van der Waals surface area contributed by atoms with Crippen molar-refractivity contribution in [3.05, 3.63) is 34.9 Å². The fraction of sp³-hybridized carbons (Fsp3) is 0.588. The van der Waals surface area contributed by atoms with Crippen LogP contribution in [0.1, 0.15) is 37.7 Å². The van der Waals surface area contributed by atoms with Gasteiger partial charge in [0.05, 0.1) is 0 Å². The molecule has 1 amide bonds. The molecular weight excluding hydrogens is 284 g/mol. The number of hydrogen-bond acceptors (Lipinski definition) is 2. The number of piperidine rings is 1. The average Bonchev–Trinajstić information content (AvgIpc) is 2.80. The molecule has 0 saturated carbocycles. The lowest BCUT2D eigenvalue weighted by atomic mass is 9.89. The van der Waals surface area contributed by atoms with Crippen molar-refractivity contribution < 1.29 is 4.79 Å². The quantitative estimate of drug-likeness (QED) is 0.926. The Kier molecular flexibility index (Phi) is 4.51. The molecule has 4 heteroatoms. The van der Waals surface area contributed by atoms with Gasteiger partial charge in [0.25, 0.3) is 0 Å². The highest BCUT2D eigenvalue weighted by molar-refractivity contribution is 6.31. The largest absolute Gasteiger partial charge is 0.341 e. The van der Waals surface area contributed by atoms with Crippen LogP contribution in [0, 0.1) is 5.92 Å². The lowest BCUT2D eigenvalue weighted by Gasteiger charge is -2.30.